The minimum atomic E-state index is 0.0707. The first-order chi connectivity index (χ1) is 11.6. The highest BCUT2D eigenvalue weighted by Crippen LogP contribution is 2.51. The Kier molecular flexibility index (Phi) is 2.90. The number of carbonyl (C=O) groups excluding carboxylic acids is 2. The lowest BCUT2D eigenvalue weighted by molar-refractivity contribution is -0.117. The number of Topliss-reactive ketones (excluding diaryl/α,β-unsaturated/α-hetero) is 2. The molecule has 118 valence electrons. The average molecular weight is 335 g/mol. The third-order valence-corrected chi connectivity index (χ3v) is 5.94. The van der Waals surface area contributed by atoms with E-state index in [9.17, 15) is 9.59 Å². The van der Waals surface area contributed by atoms with E-state index >= 15 is 0 Å². The van der Waals surface area contributed by atoms with Crippen molar-refractivity contribution in [3.8, 4) is 11.1 Å². The smallest absolute Gasteiger partial charge is 0.190 e. The molecule has 3 heteroatoms. The van der Waals surface area contributed by atoms with Crippen LogP contribution in [0.1, 0.15) is 35.2 Å². The topological polar surface area (TPSA) is 34.1 Å². The van der Waals surface area contributed by atoms with Gasteiger partial charge in [-0.1, -0.05) is 29.8 Å². The van der Waals surface area contributed by atoms with Crippen molar-refractivity contribution in [1.82, 2.24) is 0 Å². The van der Waals surface area contributed by atoms with Gasteiger partial charge in [-0.15, -0.1) is 0 Å². The number of ketones is 2. The first kappa shape index (κ1) is 14.2. The molecular weight excluding hydrogens is 320 g/mol. The minimum absolute atomic E-state index is 0.0707. The summed E-state index contributed by atoms with van der Waals surface area (Å²) < 4.78 is 0. The fourth-order valence-corrected chi connectivity index (χ4v) is 4.64. The molecule has 1 fully saturated rings. The minimum Gasteiger partial charge on any atom is -0.294 e. The highest BCUT2D eigenvalue weighted by Gasteiger charge is 2.47. The maximum atomic E-state index is 12.8. The monoisotopic (exact) mass is 334 g/mol. The molecule has 3 aliphatic rings. The Hall–Kier alpha value is -2.19. The second kappa shape index (κ2) is 4.90. The van der Waals surface area contributed by atoms with Crippen LogP contribution in [0, 0.1) is 11.8 Å². The highest BCUT2D eigenvalue weighted by atomic mass is 35.5. The SMILES string of the molecule is O=C1C2=C(C(=O)[C@@H]3CC[C@H]2C3)c2cc(-c3ccc(Cl)cc3)ccc21. The Morgan fingerprint density at radius 2 is 1.54 bits per heavy atom. The number of rotatable bonds is 1. The molecule has 0 unspecified atom stereocenters. The molecule has 0 radical (unpaired) electrons. The quantitative estimate of drug-likeness (QED) is 0.739. The number of carbonyl (C=O) groups is 2. The van der Waals surface area contributed by atoms with Gasteiger partial charge in [-0.3, -0.25) is 9.59 Å². The van der Waals surface area contributed by atoms with Crippen LogP contribution in [-0.4, -0.2) is 11.6 Å². The summed E-state index contributed by atoms with van der Waals surface area (Å²) in [7, 11) is 0. The molecule has 2 bridgehead atoms. The Morgan fingerprint density at radius 1 is 0.833 bits per heavy atom. The van der Waals surface area contributed by atoms with Crippen LogP contribution in [0.4, 0.5) is 0 Å². The summed E-state index contributed by atoms with van der Waals surface area (Å²) in [6, 6.07) is 13.5. The van der Waals surface area contributed by atoms with E-state index in [0.717, 1.165) is 41.5 Å². The van der Waals surface area contributed by atoms with E-state index in [0.29, 0.717) is 16.2 Å². The third kappa shape index (κ3) is 1.83. The van der Waals surface area contributed by atoms with Gasteiger partial charge in [-0.05, 0) is 66.1 Å². The molecule has 2 atom stereocenters. The van der Waals surface area contributed by atoms with Gasteiger partial charge >= 0.3 is 0 Å². The van der Waals surface area contributed by atoms with Crippen molar-refractivity contribution in [2.24, 2.45) is 11.8 Å². The number of halogens is 1. The van der Waals surface area contributed by atoms with E-state index in [1.807, 2.05) is 42.5 Å². The molecule has 0 amide bonds. The van der Waals surface area contributed by atoms with Crippen LogP contribution in [0.2, 0.25) is 5.02 Å². The zero-order valence-corrected chi connectivity index (χ0v) is 13.8. The summed E-state index contributed by atoms with van der Waals surface area (Å²) in [5.41, 5.74) is 5.08. The standard InChI is InChI=1S/C21H15ClO2/c22-15-6-3-11(4-7-15)12-5-8-16-17(10-12)19-18(21(16)24)13-1-2-14(9-13)20(19)23/h3-8,10,13-14H,1-2,9H2/t13-,14+/m0/s1. The molecule has 24 heavy (non-hydrogen) atoms. The molecule has 3 aliphatic carbocycles. The van der Waals surface area contributed by atoms with Crippen molar-refractivity contribution in [1.29, 1.82) is 0 Å². The predicted octanol–water partition coefficient (Wildman–Crippen LogP) is 4.96. The summed E-state index contributed by atoms with van der Waals surface area (Å²) in [5, 5.41) is 0.694. The molecule has 0 saturated heterocycles. The van der Waals surface area contributed by atoms with E-state index in [2.05, 4.69) is 0 Å². The van der Waals surface area contributed by atoms with E-state index in [1.54, 1.807) is 0 Å². The number of hydrogen-bond donors (Lipinski definition) is 0. The van der Waals surface area contributed by atoms with Crippen molar-refractivity contribution < 1.29 is 9.59 Å². The van der Waals surface area contributed by atoms with E-state index in [4.69, 9.17) is 11.6 Å². The zero-order valence-electron chi connectivity index (χ0n) is 13.0. The van der Waals surface area contributed by atoms with Crippen LogP contribution in [0.25, 0.3) is 16.7 Å². The first-order valence-electron chi connectivity index (χ1n) is 8.37. The van der Waals surface area contributed by atoms with Crippen LogP contribution in [0.15, 0.2) is 48.0 Å². The fraction of sp³-hybridized carbons (Fsp3) is 0.238. The summed E-state index contributed by atoms with van der Waals surface area (Å²) in [5.74, 6) is 0.647. The summed E-state index contributed by atoms with van der Waals surface area (Å²) in [6.45, 7) is 0. The molecule has 0 heterocycles. The number of fused-ring (bicyclic) bond motifs is 5. The summed E-state index contributed by atoms with van der Waals surface area (Å²) >= 11 is 5.96. The summed E-state index contributed by atoms with van der Waals surface area (Å²) in [6.07, 6.45) is 2.76. The molecule has 0 aromatic heterocycles. The van der Waals surface area contributed by atoms with Crippen molar-refractivity contribution in [3.63, 3.8) is 0 Å². The lowest BCUT2D eigenvalue weighted by atomic mass is 9.82. The van der Waals surface area contributed by atoms with E-state index in [1.165, 1.54) is 0 Å². The predicted molar refractivity (Wildman–Crippen MR) is 94.0 cm³/mol. The van der Waals surface area contributed by atoms with Gasteiger partial charge in [0.2, 0.25) is 0 Å². The molecule has 0 N–H and O–H groups in total. The average Bonchev–Trinajstić information content (AvgIpc) is 3.14. The van der Waals surface area contributed by atoms with Crippen LogP contribution in [0.3, 0.4) is 0 Å². The van der Waals surface area contributed by atoms with Crippen LogP contribution in [0.5, 0.6) is 0 Å². The van der Waals surface area contributed by atoms with E-state index in [-0.39, 0.29) is 23.4 Å². The van der Waals surface area contributed by atoms with E-state index < -0.39 is 0 Å². The number of hydrogen-bond acceptors (Lipinski definition) is 2. The third-order valence-electron chi connectivity index (χ3n) is 5.68. The van der Waals surface area contributed by atoms with Crippen molar-refractivity contribution in [2.75, 3.05) is 0 Å². The van der Waals surface area contributed by atoms with Gasteiger partial charge in [-0.2, -0.15) is 0 Å². The zero-order chi connectivity index (χ0) is 16.4. The van der Waals surface area contributed by atoms with Crippen LogP contribution < -0.4 is 0 Å². The Bertz CT molecular complexity index is 937. The molecular formula is C21H15ClO2. The van der Waals surface area contributed by atoms with Gasteiger partial charge in [0.1, 0.15) is 0 Å². The first-order valence-corrected chi connectivity index (χ1v) is 8.74. The van der Waals surface area contributed by atoms with Gasteiger partial charge in [0.15, 0.2) is 11.6 Å². The highest BCUT2D eigenvalue weighted by molar-refractivity contribution is 6.37. The number of benzene rings is 2. The van der Waals surface area contributed by atoms with Crippen molar-refractivity contribution >= 4 is 28.7 Å². The molecule has 2 aromatic carbocycles. The van der Waals surface area contributed by atoms with Gasteiger partial charge in [0.25, 0.3) is 0 Å². The molecule has 2 aromatic rings. The Labute approximate surface area is 145 Å². The van der Waals surface area contributed by atoms with Gasteiger partial charge in [0.05, 0.1) is 0 Å². The second-order valence-corrected chi connectivity index (χ2v) is 7.39. The lowest BCUT2D eigenvalue weighted by Crippen LogP contribution is -2.20. The lowest BCUT2D eigenvalue weighted by Gasteiger charge is -2.20. The maximum Gasteiger partial charge on any atom is 0.190 e. The molecule has 0 spiro atoms. The van der Waals surface area contributed by atoms with Crippen LogP contribution in [-0.2, 0) is 4.79 Å². The van der Waals surface area contributed by atoms with Gasteiger partial charge < -0.3 is 0 Å². The molecule has 2 nitrogen and oxygen atoms in total. The van der Waals surface area contributed by atoms with Crippen molar-refractivity contribution in [3.05, 3.63) is 64.2 Å². The normalized spacial score (nSPS) is 24.4. The fourth-order valence-electron chi connectivity index (χ4n) is 4.52. The van der Waals surface area contributed by atoms with Crippen molar-refractivity contribution in [2.45, 2.75) is 19.3 Å². The molecule has 0 aliphatic heterocycles. The second-order valence-electron chi connectivity index (χ2n) is 6.96. The Balaban J connectivity index is 1.68. The summed E-state index contributed by atoms with van der Waals surface area (Å²) in [4.78, 5) is 25.7. The Morgan fingerprint density at radius 3 is 2.33 bits per heavy atom. The van der Waals surface area contributed by atoms with Gasteiger partial charge in [0, 0.05) is 27.7 Å². The van der Waals surface area contributed by atoms with Gasteiger partial charge in [-0.25, -0.2) is 0 Å². The molecule has 5 rings (SSSR count). The maximum absolute atomic E-state index is 12.8. The number of allylic oxidation sites excluding steroid dienone is 2. The largest absolute Gasteiger partial charge is 0.294 e. The van der Waals surface area contributed by atoms with Crippen LogP contribution >= 0.6 is 11.6 Å². The molecule has 1 saturated carbocycles.